The minimum absolute atomic E-state index is 0.0581. The molecule has 3 N–H and O–H groups in total. The van der Waals surface area contributed by atoms with Crippen LogP contribution in [0.25, 0.3) is 0 Å². The van der Waals surface area contributed by atoms with Crippen molar-refractivity contribution < 1.29 is 70.4 Å². The summed E-state index contributed by atoms with van der Waals surface area (Å²) in [5, 5.41) is 0. The Kier molecular flexibility index (Phi) is 14.8. The maximum Gasteiger partial charge on any atom is 0.353 e. The molecule has 210 valence electrons. The summed E-state index contributed by atoms with van der Waals surface area (Å²) in [6.45, 7) is 2.31. The van der Waals surface area contributed by atoms with Crippen LogP contribution in [0.4, 0.5) is 0 Å². The van der Waals surface area contributed by atoms with Crippen molar-refractivity contribution in [2.75, 3.05) is 60.7 Å². The summed E-state index contributed by atoms with van der Waals surface area (Å²) >= 11 is 0. The van der Waals surface area contributed by atoms with E-state index in [1.165, 1.54) is 7.11 Å². The predicted octanol–water partition coefficient (Wildman–Crippen LogP) is 1.70. The quantitative estimate of drug-likeness (QED) is 0.158. The third-order valence-corrected chi connectivity index (χ3v) is 8.03. The normalized spacial score (nSPS) is 30.3. The average Bonchev–Trinajstić information content (AvgIpc) is 2.83. The van der Waals surface area contributed by atoms with Gasteiger partial charge in [-0.05, 0) is 6.42 Å². The van der Waals surface area contributed by atoms with E-state index in [1.807, 2.05) is 6.92 Å². The number of hydrogen-bond donors (Lipinski definition) is 3. The number of unbranched alkanes of at least 4 members (excludes halogenated alkanes) is 1. The average molecular weight is 574 g/mol. The molecule has 1 heterocycles. The smallest absolute Gasteiger partial charge is 0.353 e. The van der Waals surface area contributed by atoms with E-state index in [1.54, 1.807) is 0 Å². The highest BCUT2D eigenvalue weighted by Crippen LogP contribution is 2.46. The number of rotatable bonds is 18. The summed E-state index contributed by atoms with van der Waals surface area (Å²) in [4.78, 5) is 29.4. The molecule has 8 atom stereocenters. The number of hydrogen-bond acceptors (Lipinski definition) is 12. The van der Waals surface area contributed by atoms with E-state index in [-0.39, 0.29) is 6.61 Å². The predicted molar refractivity (Wildman–Crippen MR) is 121 cm³/mol. The lowest BCUT2D eigenvalue weighted by Crippen LogP contribution is -2.62. The summed E-state index contributed by atoms with van der Waals surface area (Å²) < 4.78 is 83.3. The minimum atomic E-state index is -4.19. The van der Waals surface area contributed by atoms with Gasteiger partial charge in [-0.25, -0.2) is 0 Å². The molecule has 0 aromatic heterocycles. The molecule has 1 aliphatic heterocycles. The van der Waals surface area contributed by atoms with Crippen LogP contribution >= 0.6 is 22.8 Å². The first-order valence-corrected chi connectivity index (χ1v) is 15.9. The van der Waals surface area contributed by atoms with Crippen LogP contribution in [0.1, 0.15) is 19.8 Å². The maximum absolute atomic E-state index is 12.1. The fraction of sp³-hybridized carbons (Fsp3) is 1.00. The van der Waals surface area contributed by atoms with Gasteiger partial charge in [-0.2, -0.15) is 0 Å². The van der Waals surface area contributed by atoms with E-state index in [0.29, 0.717) is 6.61 Å². The van der Waals surface area contributed by atoms with E-state index in [0.717, 1.165) is 34.2 Å². The van der Waals surface area contributed by atoms with Crippen molar-refractivity contribution in [3.63, 3.8) is 0 Å². The summed E-state index contributed by atoms with van der Waals surface area (Å²) in [6, 6.07) is 0. The molecule has 35 heavy (non-hydrogen) atoms. The van der Waals surface area contributed by atoms with Crippen molar-refractivity contribution in [3.05, 3.63) is 0 Å². The minimum Gasteiger partial charge on any atom is -0.379 e. The molecule has 18 heteroatoms. The molecule has 0 aromatic rings. The molecule has 0 aromatic carbocycles. The molecule has 0 amide bonds. The lowest BCUT2D eigenvalue weighted by Gasteiger charge is -2.45. The Bertz CT molecular complexity index is 752. The van der Waals surface area contributed by atoms with Crippen LogP contribution in [-0.2, 0) is 55.7 Å². The second-order valence-electron chi connectivity index (χ2n) is 7.45. The summed E-state index contributed by atoms with van der Waals surface area (Å²) in [6.07, 6.45) is -6.78. The van der Waals surface area contributed by atoms with Crippen LogP contribution in [0, 0.1) is 0 Å². The first-order chi connectivity index (χ1) is 16.3. The Morgan fingerprint density at radius 2 is 1.20 bits per heavy atom. The topological polar surface area (TPSA) is 195 Å². The molecule has 15 nitrogen and oxygen atoms in total. The zero-order valence-corrected chi connectivity index (χ0v) is 23.1. The zero-order chi connectivity index (χ0) is 26.7. The molecule has 0 radical (unpaired) electrons. The van der Waals surface area contributed by atoms with Crippen LogP contribution in [-0.4, -0.2) is 106 Å². The van der Waals surface area contributed by atoms with Gasteiger partial charge in [0.05, 0.1) is 6.61 Å². The SMILES string of the molecule is CCCCOC[C@H]1O[C@@H](OC)[C@@H](OCP(=O)(O)OC)[C@H](OCP(=O)(O)OC)[C@@H]1OCP(=O)(O)OC. The molecule has 0 spiro atoms. The second-order valence-corrected chi connectivity index (χ2v) is 13.1. The highest BCUT2D eigenvalue weighted by atomic mass is 31.2. The molecule has 0 bridgehead atoms. The van der Waals surface area contributed by atoms with Crippen LogP contribution in [0.2, 0.25) is 0 Å². The Morgan fingerprint density at radius 3 is 1.63 bits per heavy atom. The molecule has 1 rings (SSSR count). The van der Waals surface area contributed by atoms with E-state index < -0.39 is 72.5 Å². The molecular formula is C17H37O15P3. The lowest BCUT2D eigenvalue weighted by molar-refractivity contribution is -0.312. The van der Waals surface area contributed by atoms with Gasteiger partial charge in [0.1, 0.15) is 43.5 Å². The Hall–Kier alpha value is 0.210. The molecular weight excluding hydrogens is 537 g/mol. The summed E-state index contributed by atoms with van der Waals surface area (Å²) in [5.41, 5.74) is 0. The number of ether oxygens (including phenoxy) is 6. The second kappa shape index (κ2) is 15.6. The summed E-state index contributed by atoms with van der Waals surface area (Å²) in [5.74, 6) is 0. The van der Waals surface area contributed by atoms with Crippen molar-refractivity contribution in [2.45, 2.75) is 50.5 Å². The van der Waals surface area contributed by atoms with Crippen LogP contribution in [0.5, 0.6) is 0 Å². The maximum atomic E-state index is 12.1. The fourth-order valence-corrected chi connectivity index (χ4v) is 4.31. The molecule has 1 fully saturated rings. The fourth-order valence-electron chi connectivity index (χ4n) is 2.91. The van der Waals surface area contributed by atoms with Gasteiger partial charge in [0, 0.05) is 35.0 Å². The van der Waals surface area contributed by atoms with E-state index in [9.17, 15) is 28.4 Å². The Labute approximate surface area is 204 Å². The van der Waals surface area contributed by atoms with E-state index in [4.69, 9.17) is 28.4 Å². The van der Waals surface area contributed by atoms with Gasteiger partial charge in [-0.15, -0.1) is 0 Å². The molecule has 1 saturated heterocycles. The zero-order valence-electron chi connectivity index (χ0n) is 20.4. The highest BCUT2D eigenvalue weighted by molar-refractivity contribution is 7.53. The Morgan fingerprint density at radius 1 is 0.743 bits per heavy atom. The largest absolute Gasteiger partial charge is 0.379 e. The van der Waals surface area contributed by atoms with Crippen molar-refractivity contribution in [1.29, 1.82) is 0 Å². The first kappa shape index (κ1) is 33.2. The monoisotopic (exact) mass is 574 g/mol. The molecule has 3 unspecified atom stereocenters. The van der Waals surface area contributed by atoms with Gasteiger partial charge >= 0.3 is 22.8 Å². The van der Waals surface area contributed by atoms with Gasteiger partial charge in [0.2, 0.25) is 0 Å². The third-order valence-electron chi connectivity index (χ3n) is 4.89. The van der Waals surface area contributed by atoms with Gasteiger partial charge in [0.15, 0.2) is 6.29 Å². The van der Waals surface area contributed by atoms with Crippen molar-refractivity contribution in [1.82, 2.24) is 0 Å². The molecule has 1 aliphatic rings. The molecule has 0 saturated carbocycles. The highest BCUT2D eigenvalue weighted by Gasteiger charge is 2.50. The van der Waals surface area contributed by atoms with Crippen LogP contribution in [0.15, 0.2) is 0 Å². The first-order valence-electron chi connectivity index (χ1n) is 10.6. The van der Waals surface area contributed by atoms with Crippen LogP contribution in [0.3, 0.4) is 0 Å². The van der Waals surface area contributed by atoms with E-state index in [2.05, 4.69) is 13.6 Å². The van der Waals surface area contributed by atoms with Gasteiger partial charge < -0.3 is 56.7 Å². The standard InChI is InChI=1S/C17H37O15P3/c1-6-7-8-28-9-13-14(29-10-33(18,19)25-3)15(30-11-34(20,21)26-4)16(17(24-2)32-13)31-12-35(22,23)27-5/h13-17H,6-12H2,1-5H3,(H,18,19)(H,20,21)(H,22,23)/t13-,14-,15-,16+,17-/m1/s1. The van der Waals surface area contributed by atoms with Gasteiger partial charge in [0.25, 0.3) is 0 Å². The van der Waals surface area contributed by atoms with Gasteiger partial charge in [-0.1, -0.05) is 13.3 Å². The van der Waals surface area contributed by atoms with Gasteiger partial charge in [-0.3, -0.25) is 13.7 Å². The van der Waals surface area contributed by atoms with Crippen molar-refractivity contribution >= 4 is 22.8 Å². The van der Waals surface area contributed by atoms with E-state index >= 15 is 0 Å². The van der Waals surface area contributed by atoms with Crippen LogP contribution < -0.4 is 0 Å². The van der Waals surface area contributed by atoms with Crippen molar-refractivity contribution in [3.8, 4) is 0 Å². The molecule has 0 aliphatic carbocycles. The number of methoxy groups -OCH3 is 1. The Balaban J connectivity index is 3.30. The lowest BCUT2D eigenvalue weighted by atomic mass is 9.98. The summed E-state index contributed by atoms with van der Waals surface area (Å²) in [7, 11) is -8.16. The van der Waals surface area contributed by atoms with Crippen molar-refractivity contribution in [2.24, 2.45) is 0 Å². The third kappa shape index (κ3) is 11.6.